The number of benzene rings is 2. The monoisotopic (exact) mass is 277 g/mol. The second kappa shape index (κ2) is 5.54. The maximum atomic E-state index is 5.75. The molecule has 3 rings (SSSR count). The Bertz CT molecular complexity index is 757. The second-order valence-electron chi connectivity index (χ2n) is 5.20. The van der Waals surface area contributed by atoms with E-state index in [0.29, 0.717) is 6.54 Å². The second-order valence-corrected chi connectivity index (χ2v) is 5.20. The van der Waals surface area contributed by atoms with E-state index in [0.717, 1.165) is 22.6 Å². The third kappa shape index (κ3) is 2.48. The summed E-state index contributed by atoms with van der Waals surface area (Å²) in [4.78, 5) is 0. The van der Waals surface area contributed by atoms with E-state index in [2.05, 4.69) is 50.2 Å². The van der Waals surface area contributed by atoms with E-state index in [-0.39, 0.29) is 0 Å². The molecule has 3 heteroatoms. The van der Waals surface area contributed by atoms with Gasteiger partial charge in [0.25, 0.3) is 0 Å². The molecule has 106 valence electrons. The first-order valence-electron chi connectivity index (χ1n) is 7.11. The van der Waals surface area contributed by atoms with Crippen molar-refractivity contribution in [3.63, 3.8) is 0 Å². The zero-order valence-electron chi connectivity index (χ0n) is 12.4. The molecule has 21 heavy (non-hydrogen) atoms. The highest BCUT2D eigenvalue weighted by Crippen LogP contribution is 2.29. The molecule has 3 nitrogen and oxygen atoms in total. The molecule has 0 atom stereocenters. The Kier molecular flexibility index (Phi) is 3.59. The third-order valence-electron chi connectivity index (χ3n) is 3.74. The van der Waals surface area contributed by atoms with Gasteiger partial charge in [-0.2, -0.15) is 5.10 Å². The van der Waals surface area contributed by atoms with Crippen LogP contribution < -0.4 is 5.73 Å². The molecular formula is C18H19N3. The van der Waals surface area contributed by atoms with E-state index in [4.69, 9.17) is 10.8 Å². The summed E-state index contributed by atoms with van der Waals surface area (Å²) in [7, 11) is 0. The summed E-state index contributed by atoms with van der Waals surface area (Å²) in [6, 6.07) is 18.6. The average Bonchev–Trinajstić information content (AvgIpc) is 2.83. The molecule has 0 aliphatic rings. The van der Waals surface area contributed by atoms with Crippen LogP contribution >= 0.6 is 0 Å². The van der Waals surface area contributed by atoms with Crippen LogP contribution in [-0.2, 0) is 6.54 Å². The molecule has 2 N–H and O–H groups in total. The van der Waals surface area contributed by atoms with Gasteiger partial charge in [0.1, 0.15) is 0 Å². The van der Waals surface area contributed by atoms with Crippen LogP contribution in [0.5, 0.6) is 0 Å². The van der Waals surface area contributed by atoms with Crippen molar-refractivity contribution in [1.29, 1.82) is 0 Å². The van der Waals surface area contributed by atoms with Gasteiger partial charge >= 0.3 is 0 Å². The highest BCUT2D eigenvalue weighted by Gasteiger charge is 2.14. The maximum absolute atomic E-state index is 5.75. The van der Waals surface area contributed by atoms with E-state index in [9.17, 15) is 0 Å². The van der Waals surface area contributed by atoms with Crippen molar-refractivity contribution in [2.24, 2.45) is 5.73 Å². The van der Waals surface area contributed by atoms with Crippen molar-refractivity contribution >= 4 is 0 Å². The SMILES string of the molecule is Cc1nn(-c2ccccc2)c(C)c1-c1cccc(CN)c1. The maximum Gasteiger partial charge on any atom is 0.0679 e. The fourth-order valence-electron chi connectivity index (χ4n) is 2.73. The van der Waals surface area contributed by atoms with Crippen LogP contribution in [0.1, 0.15) is 17.0 Å². The van der Waals surface area contributed by atoms with Gasteiger partial charge in [-0.15, -0.1) is 0 Å². The standard InChI is InChI=1S/C18H19N3/c1-13-18(16-8-6-7-15(11-16)12-19)14(2)21(20-13)17-9-4-3-5-10-17/h3-11H,12,19H2,1-2H3. The van der Waals surface area contributed by atoms with Gasteiger partial charge in [0.05, 0.1) is 11.4 Å². The molecule has 0 saturated carbocycles. The van der Waals surface area contributed by atoms with Crippen LogP contribution in [0.3, 0.4) is 0 Å². The van der Waals surface area contributed by atoms with Crippen molar-refractivity contribution in [3.8, 4) is 16.8 Å². The van der Waals surface area contributed by atoms with Gasteiger partial charge in [0.2, 0.25) is 0 Å². The van der Waals surface area contributed by atoms with Crippen LogP contribution in [0.2, 0.25) is 0 Å². The lowest BCUT2D eigenvalue weighted by molar-refractivity contribution is 0.834. The van der Waals surface area contributed by atoms with Gasteiger partial charge in [-0.25, -0.2) is 4.68 Å². The minimum absolute atomic E-state index is 0.554. The highest BCUT2D eigenvalue weighted by atomic mass is 15.3. The first-order chi connectivity index (χ1) is 10.2. The Balaban J connectivity index is 2.14. The Labute approximate surface area is 125 Å². The lowest BCUT2D eigenvalue weighted by atomic mass is 10.0. The molecule has 0 aliphatic heterocycles. The summed E-state index contributed by atoms with van der Waals surface area (Å²) in [5, 5.41) is 4.70. The van der Waals surface area contributed by atoms with E-state index < -0.39 is 0 Å². The van der Waals surface area contributed by atoms with Gasteiger partial charge in [-0.05, 0) is 43.2 Å². The first-order valence-corrected chi connectivity index (χ1v) is 7.11. The minimum atomic E-state index is 0.554. The summed E-state index contributed by atoms with van der Waals surface area (Å²) < 4.78 is 2.00. The van der Waals surface area contributed by atoms with Crippen LogP contribution in [0, 0.1) is 13.8 Å². The van der Waals surface area contributed by atoms with Gasteiger partial charge in [-0.1, -0.05) is 36.4 Å². The number of hydrogen-bond acceptors (Lipinski definition) is 2. The zero-order valence-corrected chi connectivity index (χ0v) is 12.4. The van der Waals surface area contributed by atoms with Gasteiger partial charge < -0.3 is 5.73 Å². The average molecular weight is 277 g/mol. The van der Waals surface area contributed by atoms with Crippen molar-refractivity contribution < 1.29 is 0 Å². The van der Waals surface area contributed by atoms with E-state index in [1.54, 1.807) is 0 Å². The number of hydrogen-bond donors (Lipinski definition) is 1. The predicted molar refractivity (Wildman–Crippen MR) is 86.4 cm³/mol. The lowest BCUT2D eigenvalue weighted by Crippen LogP contribution is -1.98. The van der Waals surface area contributed by atoms with Crippen LogP contribution in [0.15, 0.2) is 54.6 Å². The summed E-state index contributed by atoms with van der Waals surface area (Å²) in [5.41, 5.74) is 12.5. The molecule has 0 unspecified atom stereocenters. The molecule has 0 amide bonds. The minimum Gasteiger partial charge on any atom is -0.326 e. The van der Waals surface area contributed by atoms with Crippen molar-refractivity contribution in [2.75, 3.05) is 0 Å². The number of nitrogens with zero attached hydrogens (tertiary/aromatic N) is 2. The summed E-state index contributed by atoms with van der Waals surface area (Å²) in [5.74, 6) is 0. The lowest BCUT2D eigenvalue weighted by Gasteiger charge is -2.06. The first kappa shape index (κ1) is 13.6. The molecule has 0 spiro atoms. The van der Waals surface area contributed by atoms with E-state index in [1.165, 1.54) is 11.1 Å². The van der Waals surface area contributed by atoms with Crippen LogP contribution in [-0.4, -0.2) is 9.78 Å². The quantitative estimate of drug-likeness (QED) is 0.794. The Morgan fingerprint density at radius 3 is 2.48 bits per heavy atom. The van der Waals surface area contributed by atoms with Crippen LogP contribution in [0.4, 0.5) is 0 Å². The van der Waals surface area contributed by atoms with Gasteiger partial charge in [0, 0.05) is 17.8 Å². The molecule has 1 aromatic heterocycles. The summed E-state index contributed by atoms with van der Waals surface area (Å²) in [6.45, 7) is 4.72. The summed E-state index contributed by atoms with van der Waals surface area (Å²) in [6.07, 6.45) is 0. The molecule has 1 heterocycles. The number of nitrogens with two attached hydrogens (primary N) is 1. The Morgan fingerprint density at radius 1 is 1.00 bits per heavy atom. The van der Waals surface area contributed by atoms with E-state index in [1.807, 2.05) is 22.9 Å². The number of aromatic nitrogens is 2. The Hall–Kier alpha value is -2.39. The molecule has 0 radical (unpaired) electrons. The van der Waals surface area contributed by atoms with Crippen molar-refractivity contribution in [1.82, 2.24) is 9.78 Å². The highest BCUT2D eigenvalue weighted by molar-refractivity contribution is 5.69. The predicted octanol–water partition coefficient (Wildman–Crippen LogP) is 3.61. The number of aryl methyl sites for hydroxylation is 1. The molecule has 0 aliphatic carbocycles. The topological polar surface area (TPSA) is 43.8 Å². The number of para-hydroxylation sites is 1. The molecule has 0 bridgehead atoms. The van der Waals surface area contributed by atoms with Crippen molar-refractivity contribution in [3.05, 3.63) is 71.5 Å². The van der Waals surface area contributed by atoms with E-state index >= 15 is 0 Å². The molecule has 0 fully saturated rings. The number of rotatable bonds is 3. The summed E-state index contributed by atoms with van der Waals surface area (Å²) >= 11 is 0. The fraction of sp³-hybridized carbons (Fsp3) is 0.167. The molecular weight excluding hydrogens is 258 g/mol. The van der Waals surface area contributed by atoms with Crippen molar-refractivity contribution in [2.45, 2.75) is 20.4 Å². The largest absolute Gasteiger partial charge is 0.326 e. The van der Waals surface area contributed by atoms with Crippen LogP contribution in [0.25, 0.3) is 16.8 Å². The van der Waals surface area contributed by atoms with Gasteiger partial charge in [-0.3, -0.25) is 0 Å². The Morgan fingerprint density at radius 2 is 1.76 bits per heavy atom. The zero-order chi connectivity index (χ0) is 14.8. The normalized spacial score (nSPS) is 10.8. The smallest absolute Gasteiger partial charge is 0.0679 e. The van der Waals surface area contributed by atoms with Gasteiger partial charge in [0.15, 0.2) is 0 Å². The third-order valence-corrected chi connectivity index (χ3v) is 3.74. The molecule has 3 aromatic rings. The fourth-order valence-corrected chi connectivity index (χ4v) is 2.73. The molecule has 2 aromatic carbocycles. The molecule has 0 saturated heterocycles.